The molecule has 1 aliphatic heterocycles. The number of aryl methyl sites for hydroxylation is 1. The zero-order chi connectivity index (χ0) is 15.7. The molecule has 0 bridgehead atoms. The highest BCUT2D eigenvalue weighted by Crippen LogP contribution is 2.30. The number of hydrogen-bond donors (Lipinski definition) is 2. The minimum Gasteiger partial charge on any atom is -0.326 e. The summed E-state index contributed by atoms with van der Waals surface area (Å²) in [6.45, 7) is 1.41. The zero-order valence-electron chi connectivity index (χ0n) is 12.0. The van der Waals surface area contributed by atoms with Crippen LogP contribution >= 0.6 is 23.2 Å². The van der Waals surface area contributed by atoms with Gasteiger partial charge in [0.15, 0.2) is 0 Å². The SMILES string of the molecule is Cn1cc([C@H]2CNC[C@@H]2C(=O)Nc2ccc(Cl)c(Cl)c2)cn1. The lowest BCUT2D eigenvalue weighted by atomic mass is 9.90. The van der Waals surface area contributed by atoms with Gasteiger partial charge in [-0.15, -0.1) is 0 Å². The Bertz CT molecular complexity index is 701. The lowest BCUT2D eigenvalue weighted by Gasteiger charge is -2.17. The number of rotatable bonds is 3. The minimum absolute atomic E-state index is 0.0303. The maximum Gasteiger partial charge on any atom is 0.229 e. The summed E-state index contributed by atoms with van der Waals surface area (Å²) in [4.78, 5) is 12.5. The molecule has 0 saturated carbocycles. The summed E-state index contributed by atoms with van der Waals surface area (Å²) in [7, 11) is 1.87. The van der Waals surface area contributed by atoms with Gasteiger partial charge in [0.2, 0.25) is 5.91 Å². The molecular formula is C15H16Cl2N4O. The van der Waals surface area contributed by atoms with E-state index in [0.29, 0.717) is 22.3 Å². The number of anilines is 1. The van der Waals surface area contributed by atoms with Crippen molar-refractivity contribution in [3.8, 4) is 0 Å². The summed E-state index contributed by atoms with van der Waals surface area (Å²) < 4.78 is 1.75. The topological polar surface area (TPSA) is 59.0 Å². The van der Waals surface area contributed by atoms with E-state index in [1.54, 1.807) is 22.9 Å². The van der Waals surface area contributed by atoms with Gasteiger partial charge in [-0.25, -0.2) is 0 Å². The van der Waals surface area contributed by atoms with Crippen LogP contribution in [0.2, 0.25) is 10.0 Å². The van der Waals surface area contributed by atoms with E-state index in [1.807, 2.05) is 19.4 Å². The van der Waals surface area contributed by atoms with E-state index in [4.69, 9.17) is 23.2 Å². The summed E-state index contributed by atoms with van der Waals surface area (Å²) in [5, 5.41) is 11.3. The zero-order valence-corrected chi connectivity index (χ0v) is 13.5. The maximum atomic E-state index is 12.5. The fourth-order valence-corrected chi connectivity index (χ4v) is 3.04. The van der Waals surface area contributed by atoms with E-state index in [2.05, 4.69) is 15.7 Å². The molecule has 2 heterocycles. The van der Waals surface area contributed by atoms with Crippen molar-refractivity contribution in [2.24, 2.45) is 13.0 Å². The van der Waals surface area contributed by atoms with Crippen molar-refractivity contribution in [2.45, 2.75) is 5.92 Å². The molecule has 2 N–H and O–H groups in total. The average molecular weight is 339 g/mol. The summed E-state index contributed by atoms with van der Waals surface area (Å²) >= 11 is 11.9. The van der Waals surface area contributed by atoms with Gasteiger partial charge in [0, 0.05) is 37.9 Å². The fourth-order valence-electron chi connectivity index (χ4n) is 2.74. The van der Waals surface area contributed by atoms with Crippen LogP contribution in [-0.2, 0) is 11.8 Å². The first-order chi connectivity index (χ1) is 10.5. The number of benzene rings is 1. The summed E-state index contributed by atoms with van der Waals surface area (Å²) in [5.74, 6) is -0.0487. The molecule has 22 heavy (non-hydrogen) atoms. The Kier molecular flexibility index (Phi) is 4.38. The first-order valence-corrected chi connectivity index (χ1v) is 7.75. The Balaban J connectivity index is 1.74. The third-order valence-electron chi connectivity index (χ3n) is 3.89. The summed E-state index contributed by atoms with van der Waals surface area (Å²) in [6.07, 6.45) is 3.77. The number of amides is 1. The van der Waals surface area contributed by atoms with Crippen LogP contribution in [0.5, 0.6) is 0 Å². The van der Waals surface area contributed by atoms with Gasteiger partial charge in [-0.2, -0.15) is 5.10 Å². The van der Waals surface area contributed by atoms with E-state index >= 15 is 0 Å². The van der Waals surface area contributed by atoms with Crippen LogP contribution in [-0.4, -0.2) is 28.8 Å². The second-order valence-corrected chi connectivity index (χ2v) is 6.25. The molecule has 3 rings (SSSR count). The van der Waals surface area contributed by atoms with Crippen molar-refractivity contribution in [3.05, 3.63) is 46.2 Å². The molecule has 1 amide bonds. The number of aromatic nitrogens is 2. The Labute approximate surface area is 138 Å². The van der Waals surface area contributed by atoms with Crippen LogP contribution in [0.15, 0.2) is 30.6 Å². The number of hydrogen-bond acceptors (Lipinski definition) is 3. The van der Waals surface area contributed by atoms with Gasteiger partial charge in [-0.3, -0.25) is 9.48 Å². The Morgan fingerprint density at radius 2 is 2.18 bits per heavy atom. The van der Waals surface area contributed by atoms with Gasteiger partial charge in [0.25, 0.3) is 0 Å². The van der Waals surface area contributed by atoms with Crippen molar-refractivity contribution < 1.29 is 4.79 Å². The van der Waals surface area contributed by atoms with Gasteiger partial charge >= 0.3 is 0 Å². The number of carbonyl (C=O) groups is 1. The Morgan fingerprint density at radius 3 is 2.86 bits per heavy atom. The van der Waals surface area contributed by atoms with Gasteiger partial charge in [0.05, 0.1) is 22.2 Å². The van der Waals surface area contributed by atoms with Crippen LogP contribution in [0.4, 0.5) is 5.69 Å². The predicted molar refractivity (Wildman–Crippen MR) is 87.4 cm³/mol. The van der Waals surface area contributed by atoms with E-state index < -0.39 is 0 Å². The highest BCUT2D eigenvalue weighted by molar-refractivity contribution is 6.42. The molecule has 0 radical (unpaired) electrons. The molecule has 0 aliphatic carbocycles. The molecule has 116 valence electrons. The molecule has 1 saturated heterocycles. The molecule has 5 nitrogen and oxygen atoms in total. The van der Waals surface area contributed by atoms with Crippen LogP contribution < -0.4 is 10.6 Å². The molecule has 0 unspecified atom stereocenters. The highest BCUT2D eigenvalue weighted by Gasteiger charge is 2.34. The van der Waals surface area contributed by atoms with Gasteiger partial charge in [-0.05, 0) is 23.8 Å². The highest BCUT2D eigenvalue weighted by atomic mass is 35.5. The molecule has 0 spiro atoms. The minimum atomic E-state index is -0.140. The number of carbonyl (C=O) groups excluding carboxylic acids is 1. The third-order valence-corrected chi connectivity index (χ3v) is 4.63. The lowest BCUT2D eigenvalue weighted by molar-refractivity contribution is -0.119. The molecule has 1 aromatic heterocycles. The van der Waals surface area contributed by atoms with E-state index in [-0.39, 0.29) is 17.7 Å². The predicted octanol–water partition coefficient (Wildman–Crippen LogP) is 2.67. The van der Waals surface area contributed by atoms with Crippen molar-refractivity contribution in [3.63, 3.8) is 0 Å². The lowest BCUT2D eigenvalue weighted by Crippen LogP contribution is -2.28. The van der Waals surface area contributed by atoms with E-state index in [0.717, 1.165) is 12.1 Å². The monoisotopic (exact) mass is 338 g/mol. The average Bonchev–Trinajstić information content (AvgIpc) is 3.11. The Morgan fingerprint density at radius 1 is 1.36 bits per heavy atom. The van der Waals surface area contributed by atoms with Crippen LogP contribution in [0.1, 0.15) is 11.5 Å². The molecular weight excluding hydrogens is 323 g/mol. The number of nitrogens with one attached hydrogen (secondary N) is 2. The van der Waals surface area contributed by atoms with Gasteiger partial charge < -0.3 is 10.6 Å². The summed E-state index contributed by atoms with van der Waals surface area (Å²) in [6, 6.07) is 5.07. The molecule has 1 aromatic carbocycles. The fraction of sp³-hybridized carbons (Fsp3) is 0.333. The van der Waals surface area contributed by atoms with Crippen molar-refractivity contribution in [1.82, 2.24) is 15.1 Å². The first-order valence-electron chi connectivity index (χ1n) is 7.00. The van der Waals surface area contributed by atoms with Crippen molar-refractivity contribution in [1.29, 1.82) is 0 Å². The second-order valence-electron chi connectivity index (χ2n) is 5.44. The third kappa shape index (κ3) is 3.11. The van der Waals surface area contributed by atoms with Gasteiger partial charge in [0.1, 0.15) is 0 Å². The van der Waals surface area contributed by atoms with Gasteiger partial charge in [-0.1, -0.05) is 23.2 Å². The molecule has 7 heteroatoms. The number of halogens is 2. The number of nitrogens with zero attached hydrogens (tertiary/aromatic N) is 2. The molecule has 1 fully saturated rings. The quantitative estimate of drug-likeness (QED) is 0.904. The normalized spacial score (nSPS) is 21.0. The largest absolute Gasteiger partial charge is 0.326 e. The maximum absolute atomic E-state index is 12.5. The Hall–Kier alpha value is -1.56. The van der Waals surface area contributed by atoms with Crippen LogP contribution in [0.3, 0.4) is 0 Å². The van der Waals surface area contributed by atoms with E-state index in [9.17, 15) is 4.79 Å². The van der Waals surface area contributed by atoms with Crippen molar-refractivity contribution in [2.75, 3.05) is 18.4 Å². The standard InChI is InChI=1S/C15H16Cl2N4O/c1-21-8-9(5-19-21)11-6-18-7-12(11)15(22)20-10-2-3-13(16)14(17)4-10/h2-5,8,11-12,18H,6-7H2,1H3,(H,20,22)/t11-,12+/m1/s1. The van der Waals surface area contributed by atoms with E-state index in [1.165, 1.54) is 0 Å². The molecule has 2 atom stereocenters. The summed E-state index contributed by atoms with van der Waals surface area (Å²) in [5.41, 5.74) is 1.72. The van der Waals surface area contributed by atoms with Crippen LogP contribution in [0.25, 0.3) is 0 Å². The molecule has 1 aliphatic rings. The molecule has 2 aromatic rings. The van der Waals surface area contributed by atoms with Crippen LogP contribution in [0, 0.1) is 5.92 Å². The smallest absolute Gasteiger partial charge is 0.229 e. The second kappa shape index (κ2) is 6.28. The van der Waals surface area contributed by atoms with Crippen molar-refractivity contribution >= 4 is 34.8 Å². The first kappa shape index (κ1) is 15.3.